The minimum atomic E-state index is -0.877. The highest BCUT2D eigenvalue weighted by atomic mass is 17.2. The first-order chi connectivity index (χ1) is 22.2. The van der Waals surface area contributed by atoms with E-state index in [0.29, 0.717) is 62.9 Å². The number of carbonyl (C=O) groups is 3. The molecule has 0 spiro atoms. The highest BCUT2D eigenvalue weighted by molar-refractivity contribution is 5.81. The van der Waals surface area contributed by atoms with Crippen molar-refractivity contribution in [1.82, 2.24) is 0 Å². The molecule has 46 heavy (non-hydrogen) atoms. The molecule has 6 unspecified atom stereocenters. The molecule has 4 aliphatic carbocycles. The zero-order valence-electron chi connectivity index (χ0n) is 28.3. The molecular weight excluding hydrogens is 592 g/mol. The lowest BCUT2D eigenvalue weighted by molar-refractivity contribution is -0.337. The number of aliphatic carboxylic acids is 2. The van der Waals surface area contributed by atoms with Crippen LogP contribution in [0, 0.1) is 47.3 Å². The van der Waals surface area contributed by atoms with Gasteiger partial charge in [0, 0.05) is 13.2 Å². The van der Waals surface area contributed by atoms with E-state index in [2.05, 4.69) is 13.8 Å². The van der Waals surface area contributed by atoms with Gasteiger partial charge in [-0.15, -0.1) is 0 Å². The van der Waals surface area contributed by atoms with Crippen molar-refractivity contribution in [2.45, 2.75) is 129 Å². The molecule has 0 aromatic carbocycles. The van der Waals surface area contributed by atoms with Crippen LogP contribution in [0.1, 0.15) is 117 Å². The van der Waals surface area contributed by atoms with E-state index >= 15 is 0 Å². The summed E-state index contributed by atoms with van der Waals surface area (Å²) in [5.74, 6) is -1.30. The molecule has 4 aliphatic rings. The maximum Gasteiger partial charge on any atom is 0.310 e. The molecule has 4 rings (SSSR count). The summed E-state index contributed by atoms with van der Waals surface area (Å²) in [6.45, 7) is 7.19. The predicted octanol–water partition coefficient (Wildman–Crippen LogP) is 6.68. The van der Waals surface area contributed by atoms with Crippen LogP contribution < -0.4 is 0 Å². The SMILES string of the molecule is CC1CCC(COOC2CCC(CCOCCOCCC3CCC(OC(=O)C4CCC(C)CC4C(=O)O)CC3)CC2)C(C(=O)O)C1. The third-order valence-electron chi connectivity index (χ3n) is 11.4. The van der Waals surface area contributed by atoms with Crippen molar-refractivity contribution in [3.05, 3.63) is 0 Å². The molecule has 0 amide bonds. The quantitative estimate of drug-likeness (QED) is 0.0757. The van der Waals surface area contributed by atoms with E-state index < -0.39 is 23.8 Å². The molecule has 0 aromatic heterocycles. The second-order valence-electron chi connectivity index (χ2n) is 15.0. The molecule has 0 aliphatic heterocycles. The van der Waals surface area contributed by atoms with Crippen molar-refractivity contribution in [2.75, 3.05) is 33.0 Å². The Hall–Kier alpha value is -1.75. The van der Waals surface area contributed by atoms with Crippen molar-refractivity contribution >= 4 is 17.9 Å². The summed E-state index contributed by atoms with van der Waals surface area (Å²) in [4.78, 5) is 47.3. The van der Waals surface area contributed by atoms with Gasteiger partial charge in [-0.05, 0) is 126 Å². The van der Waals surface area contributed by atoms with Crippen molar-refractivity contribution < 1.29 is 48.6 Å². The molecule has 6 atom stereocenters. The van der Waals surface area contributed by atoms with Crippen LogP contribution in [0.2, 0.25) is 0 Å². The molecule has 0 heterocycles. The van der Waals surface area contributed by atoms with E-state index in [-0.39, 0.29) is 30.0 Å². The van der Waals surface area contributed by atoms with Gasteiger partial charge >= 0.3 is 17.9 Å². The maximum atomic E-state index is 12.8. The molecule has 264 valence electrons. The largest absolute Gasteiger partial charge is 0.481 e. The molecule has 2 N–H and O–H groups in total. The molecule has 10 nitrogen and oxygen atoms in total. The monoisotopic (exact) mass is 652 g/mol. The maximum absolute atomic E-state index is 12.8. The highest BCUT2D eigenvalue weighted by Gasteiger charge is 2.40. The number of hydrogen-bond acceptors (Lipinski definition) is 8. The number of hydrogen-bond donors (Lipinski definition) is 2. The molecule has 4 saturated carbocycles. The summed E-state index contributed by atoms with van der Waals surface area (Å²) >= 11 is 0. The van der Waals surface area contributed by atoms with Crippen molar-refractivity contribution in [3.63, 3.8) is 0 Å². The van der Waals surface area contributed by atoms with E-state index in [1.54, 1.807) is 0 Å². The third-order valence-corrected chi connectivity index (χ3v) is 11.4. The highest BCUT2D eigenvalue weighted by Crippen LogP contribution is 2.37. The minimum Gasteiger partial charge on any atom is -0.481 e. The van der Waals surface area contributed by atoms with E-state index in [4.69, 9.17) is 24.0 Å². The molecule has 4 fully saturated rings. The van der Waals surface area contributed by atoms with Gasteiger partial charge in [-0.3, -0.25) is 14.4 Å². The van der Waals surface area contributed by atoms with Crippen LogP contribution in [0.25, 0.3) is 0 Å². The summed E-state index contributed by atoms with van der Waals surface area (Å²) in [5, 5.41) is 19.1. The fourth-order valence-electron chi connectivity index (χ4n) is 8.23. The van der Waals surface area contributed by atoms with Gasteiger partial charge in [-0.1, -0.05) is 20.3 Å². The van der Waals surface area contributed by atoms with Crippen LogP contribution in [0.4, 0.5) is 0 Å². The van der Waals surface area contributed by atoms with Gasteiger partial charge in [-0.25, -0.2) is 9.78 Å². The Morgan fingerprint density at radius 2 is 1.11 bits per heavy atom. The molecular formula is C36H60O10. The van der Waals surface area contributed by atoms with Crippen LogP contribution in [-0.4, -0.2) is 73.4 Å². The van der Waals surface area contributed by atoms with Crippen molar-refractivity contribution in [1.29, 1.82) is 0 Å². The van der Waals surface area contributed by atoms with Crippen LogP contribution in [0.3, 0.4) is 0 Å². The Labute approximate surface area is 275 Å². The fraction of sp³-hybridized carbons (Fsp3) is 0.917. The Kier molecular flexibility index (Phi) is 15.6. The average molecular weight is 653 g/mol. The first-order valence-electron chi connectivity index (χ1n) is 18.3. The lowest BCUT2D eigenvalue weighted by Crippen LogP contribution is -2.38. The summed E-state index contributed by atoms with van der Waals surface area (Å²) in [7, 11) is 0. The molecule has 0 saturated heterocycles. The zero-order valence-corrected chi connectivity index (χ0v) is 28.3. The van der Waals surface area contributed by atoms with E-state index in [1.807, 2.05) is 0 Å². The van der Waals surface area contributed by atoms with Gasteiger partial charge in [-0.2, -0.15) is 0 Å². The zero-order chi connectivity index (χ0) is 32.9. The van der Waals surface area contributed by atoms with Crippen molar-refractivity contribution in [3.8, 4) is 0 Å². The number of rotatable bonds is 17. The Morgan fingerprint density at radius 1 is 0.587 bits per heavy atom. The topological polar surface area (TPSA) is 138 Å². The first-order valence-corrected chi connectivity index (χ1v) is 18.3. The minimum absolute atomic E-state index is 0.0392. The van der Waals surface area contributed by atoms with E-state index in [1.165, 1.54) is 0 Å². The number of carboxylic acids is 2. The third kappa shape index (κ3) is 12.0. The Bertz CT molecular complexity index is 926. The van der Waals surface area contributed by atoms with Crippen LogP contribution in [0.5, 0.6) is 0 Å². The molecule has 10 heteroatoms. The Morgan fingerprint density at radius 3 is 1.67 bits per heavy atom. The van der Waals surface area contributed by atoms with Gasteiger partial charge in [0.15, 0.2) is 0 Å². The standard InChI is InChI=1S/C36H60O10/c1-24-3-9-28(32(21-24)34(37)38)23-44-46-30-12-7-27(8-13-30)16-18-43-20-19-42-17-15-26-5-10-29(11-6-26)45-36(41)31-14-4-25(2)22-33(31)35(39)40/h24-33H,3-23H2,1-2H3,(H,37,38)(H,39,40). The number of ether oxygens (including phenoxy) is 3. The normalized spacial score (nSPS) is 35.3. The molecule has 0 aromatic rings. The lowest BCUT2D eigenvalue weighted by Gasteiger charge is -2.33. The van der Waals surface area contributed by atoms with Crippen LogP contribution in [-0.2, 0) is 38.4 Å². The summed E-state index contributed by atoms with van der Waals surface area (Å²) in [5.41, 5.74) is 0. The average Bonchev–Trinajstić information content (AvgIpc) is 3.04. The van der Waals surface area contributed by atoms with Gasteiger partial charge in [0.25, 0.3) is 0 Å². The Balaban J connectivity index is 0.952. The van der Waals surface area contributed by atoms with Gasteiger partial charge in [0.1, 0.15) is 6.10 Å². The van der Waals surface area contributed by atoms with Gasteiger partial charge in [0.05, 0.1) is 43.7 Å². The van der Waals surface area contributed by atoms with Gasteiger partial charge in [0.2, 0.25) is 0 Å². The van der Waals surface area contributed by atoms with E-state index in [0.717, 1.165) is 96.5 Å². The summed E-state index contributed by atoms with van der Waals surface area (Å²) < 4.78 is 17.5. The fourth-order valence-corrected chi connectivity index (χ4v) is 8.23. The molecule has 0 radical (unpaired) electrons. The van der Waals surface area contributed by atoms with E-state index in [9.17, 15) is 24.6 Å². The van der Waals surface area contributed by atoms with Crippen molar-refractivity contribution in [2.24, 2.45) is 47.3 Å². The number of carboxylic acid groups (broad SMARTS) is 2. The second-order valence-corrected chi connectivity index (χ2v) is 15.0. The summed E-state index contributed by atoms with van der Waals surface area (Å²) in [6.07, 6.45) is 14.6. The summed E-state index contributed by atoms with van der Waals surface area (Å²) in [6, 6.07) is 0. The smallest absolute Gasteiger partial charge is 0.310 e. The number of esters is 1. The first kappa shape index (κ1) is 37.1. The van der Waals surface area contributed by atoms with Crippen LogP contribution in [0.15, 0.2) is 0 Å². The lowest BCUT2D eigenvalue weighted by atomic mass is 9.74. The second kappa shape index (κ2) is 19.3. The molecule has 0 bridgehead atoms. The van der Waals surface area contributed by atoms with Crippen LogP contribution >= 0.6 is 0 Å². The predicted molar refractivity (Wildman–Crippen MR) is 171 cm³/mol. The number of carbonyl (C=O) groups excluding carboxylic acids is 1. The van der Waals surface area contributed by atoms with Gasteiger partial charge < -0.3 is 24.4 Å².